The normalized spacial score (nSPS) is 9.86. The lowest BCUT2D eigenvalue weighted by Gasteiger charge is -2.10. The molecule has 0 aliphatic rings. The number of aryl methyl sites for hydroxylation is 1. The van der Waals surface area contributed by atoms with Gasteiger partial charge in [0.2, 0.25) is 0 Å². The molecule has 0 spiro atoms. The van der Waals surface area contributed by atoms with Crippen LogP contribution in [0.5, 0.6) is 5.75 Å². The van der Waals surface area contributed by atoms with Gasteiger partial charge in [-0.2, -0.15) is 0 Å². The minimum absolute atomic E-state index is 0.0435. The number of carbonyl (C=O) groups excluding carboxylic acids is 1. The van der Waals surface area contributed by atoms with Crippen molar-refractivity contribution in [2.45, 2.75) is 19.4 Å². The number of aliphatic hydroxyl groups is 1. The third-order valence-corrected chi connectivity index (χ3v) is 2.08. The minimum Gasteiger partial charge on any atom is -0.496 e. The maximum atomic E-state index is 10.2. The van der Waals surface area contributed by atoms with Gasteiger partial charge in [0.1, 0.15) is 12.0 Å². The van der Waals surface area contributed by atoms with E-state index in [1.54, 1.807) is 7.11 Å². The van der Waals surface area contributed by atoms with Crippen LogP contribution in [0.15, 0.2) is 18.2 Å². The van der Waals surface area contributed by atoms with Crippen LogP contribution in [0.25, 0.3) is 0 Å². The van der Waals surface area contributed by atoms with Gasteiger partial charge in [-0.15, -0.1) is 0 Å². The lowest BCUT2D eigenvalue weighted by atomic mass is 10.1. The summed E-state index contributed by atoms with van der Waals surface area (Å²) >= 11 is 0. The second kappa shape index (κ2) is 5.40. The second-order valence-corrected chi connectivity index (χ2v) is 2.97. The first-order chi connectivity index (χ1) is 6.83. The molecule has 14 heavy (non-hydrogen) atoms. The van der Waals surface area contributed by atoms with Crippen LogP contribution < -0.4 is 4.74 Å². The van der Waals surface area contributed by atoms with Crippen molar-refractivity contribution >= 4 is 6.29 Å². The molecular weight excluding hydrogens is 180 g/mol. The Kier molecular flexibility index (Phi) is 4.13. The van der Waals surface area contributed by atoms with E-state index in [4.69, 9.17) is 9.84 Å². The van der Waals surface area contributed by atoms with E-state index in [0.29, 0.717) is 18.6 Å². The van der Waals surface area contributed by atoms with Gasteiger partial charge in [-0.25, -0.2) is 0 Å². The molecule has 0 bridgehead atoms. The Labute approximate surface area is 83.3 Å². The summed E-state index contributed by atoms with van der Waals surface area (Å²) < 4.78 is 5.19. The van der Waals surface area contributed by atoms with E-state index < -0.39 is 0 Å². The van der Waals surface area contributed by atoms with Crippen molar-refractivity contribution in [3.8, 4) is 5.75 Å². The minimum atomic E-state index is -0.0435. The number of hydrogen-bond donors (Lipinski definition) is 1. The standard InChI is InChI=1S/C11H14O3/c1-14-11-9(6-3-7-12)4-2-5-10(11)8-13/h2,4-5,7,13H,3,6,8H2,1H3. The van der Waals surface area contributed by atoms with Crippen molar-refractivity contribution in [1.82, 2.24) is 0 Å². The first-order valence-electron chi connectivity index (χ1n) is 4.52. The van der Waals surface area contributed by atoms with Gasteiger partial charge in [0.05, 0.1) is 13.7 Å². The fraction of sp³-hybridized carbons (Fsp3) is 0.364. The van der Waals surface area contributed by atoms with E-state index in [0.717, 1.165) is 17.4 Å². The van der Waals surface area contributed by atoms with Crippen molar-refractivity contribution in [3.05, 3.63) is 29.3 Å². The number of para-hydroxylation sites is 1. The van der Waals surface area contributed by atoms with E-state index in [1.807, 2.05) is 18.2 Å². The molecule has 1 aromatic rings. The average molecular weight is 194 g/mol. The fourth-order valence-corrected chi connectivity index (χ4v) is 1.44. The van der Waals surface area contributed by atoms with E-state index in [2.05, 4.69) is 0 Å². The van der Waals surface area contributed by atoms with E-state index in [9.17, 15) is 4.79 Å². The number of aliphatic hydroxyl groups excluding tert-OH is 1. The lowest BCUT2D eigenvalue weighted by Crippen LogP contribution is -1.97. The average Bonchev–Trinajstić information content (AvgIpc) is 2.25. The van der Waals surface area contributed by atoms with Crippen molar-refractivity contribution in [2.75, 3.05) is 7.11 Å². The Morgan fingerprint density at radius 2 is 2.14 bits per heavy atom. The van der Waals surface area contributed by atoms with Crippen LogP contribution in [-0.4, -0.2) is 18.5 Å². The maximum absolute atomic E-state index is 10.2. The summed E-state index contributed by atoms with van der Waals surface area (Å²) in [5.41, 5.74) is 1.72. The zero-order valence-corrected chi connectivity index (χ0v) is 8.19. The predicted octanol–water partition coefficient (Wildman–Crippen LogP) is 1.32. The van der Waals surface area contributed by atoms with Gasteiger partial charge in [-0.3, -0.25) is 0 Å². The zero-order chi connectivity index (χ0) is 10.4. The van der Waals surface area contributed by atoms with Crippen LogP contribution in [0.2, 0.25) is 0 Å². The van der Waals surface area contributed by atoms with Crippen molar-refractivity contribution in [2.24, 2.45) is 0 Å². The fourth-order valence-electron chi connectivity index (χ4n) is 1.44. The van der Waals surface area contributed by atoms with Crippen LogP contribution in [0.1, 0.15) is 17.5 Å². The van der Waals surface area contributed by atoms with Gasteiger partial charge in [0.15, 0.2) is 0 Å². The van der Waals surface area contributed by atoms with Gasteiger partial charge in [0, 0.05) is 12.0 Å². The SMILES string of the molecule is COc1c(CO)cccc1CCC=O. The summed E-state index contributed by atoms with van der Waals surface area (Å²) in [4.78, 5) is 10.2. The molecule has 0 aliphatic heterocycles. The van der Waals surface area contributed by atoms with Crippen molar-refractivity contribution < 1.29 is 14.6 Å². The summed E-state index contributed by atoms with van der Waals surface area (Å²) in [6, 6.07) is 5.57. The summed E-state index contributed by atoms with van der Waals surface area (Å²) in [7, 11) is 1.57. The van der Waals surface area contributed by atoms with E-state index >= 15 is 0 Å². The Balaban J connectivity index is 2.95. The van der Waals surface area contributed by atoms with Gasteiger partial charge in [-0.1, -0.05) is 18.2 Å². The third kappa shape index (κ3) is 2.33. The first-order valence-corrected chi connectivity index (χ1v) is 4.52. The molecule has 0 saturated heterocycles. The third-order valence-electron chi connectivity index (χ3n) is 2.08. The predicted molar refractivity (Wildman–Crippen MR) is 53.3 cm³/mol. The molecule has 76 valence electrons. The van der Waals surface area contributed by atoms with Crippen LogP contribution in [0, 0.1) is 0 Å². The molecule has 0 radical (unpaired) electrons. The monoisotopic (exact) mass is 194 g/mol. The second-order valence-electron chi connectivity index (χ2n) is 2.97. The van der Waals surface area contributed by atoms with Crippen LogP contribution >= 0.6 is 0 Å². The summed E-state index contributed by atoms with van der Waals surface area (Å²) in [6.07, 6.45) is 2.01. The molecule has 0 aliphatic carbocycles. The Morgan fingerprint density at radius 3 is 2.71 bits per heavy atom. The van der Waals surface area contributed by atoms with Crippen molar-refractivity contribution in [1.29, 1.82) is 0 Å². The summed E-state index contributed by atoms with van der Waals surface area (Å²) in [5.74, 6) is 0.692. The highest BCUT2D eigenvalue weighted by atomic mass is 16.5. The molecule has 0 unspecified atom stereocenters. The highest BCUT2D eigenvalue weighted by Gasteiger charge is 2.07. The molecule has 1 N–H and O–H groups in total. The molecular formula is C11H14O3. The molecule has 0 saturated carbocycles. The number of hydrogen-bond acceptors (Lipinski definition) is 3. The molecule has 3 heteroatoms. The molecule has 1 rings (SSSR count). The highest BCUT2D eigenvalue weighted by molar-refractivity contribution is 5.51. The van der Waals surface area contributed by atoms with Crippen LogP contribution in [0.4, 0.5) is 0 Å². The first kappa shape index (κ1) is 10.7. The molecule has 0 amide bonds. The number of carbonyl (C=O) groups is 1. The number of aldehydes is 1. The molecule has 0 heterocycles. The quantitative estimate of drug-likeness (QED) is 0.719. The Morgan fingerprint density at radius 1 is 1.43 bits per heavy atom. The number of methoxy groups -OCH3 is 1. The maximum Gasteiger partial charge on any atom is 0.127 e. The molecule has 0 aromatic heterocycles. The van der Waals surface area contributed by atoms with Gasteiger partial charge in [-0.05, 0) is 12.0 Å². The molecule has 0 atom stereocenters. The van der Waals surface area contributed by atoms with E-state index in [-0.39, 0.29) is 6.61 Å². The summed E-state index contributed by atoms with van der Waals surface area (Å²) in [5, 5.41) is 9.05. The van der Waals surface area contributed by atoms with Crippen molar-refractivity contribution in [3.63, 3.8) is 0 Å². The Hall–Kier alpha value is -1.35. The smallest absolute Gasteiger partial charge is 0.127 e. The molecule has 0 fully saturated rings. The van der Waals surface area contributed by atoms with E-state index in [1.165, 1.54) is 0 Å². The van der Waals surface area contributed by atoms with Gasteiger partial charge < -0.3 is 14.6 Å². The van der Waals surface area contributed by atoms with Gasteiger partial charge >= 0.3 is 0 Å². The largest absolute Gasteiger partial charge is 0.496 e. The van der Waals surface area contributed by atoms with Crippen LogP contribution in [0.3, 0.4) is 0 Å². The number of ether oxygens (including phenoxy) is 1. The van der Waals surface area contributed by atoms with Gasteiger partial charge in [0.25, 0.3) is 0 Å². The highest BCUT2D eigenvalue weighted by Crippen LogP contribution is 2.24. The Bertz CT molecular complexity index is 307. The lowest BCUT2D eigenvalue weighted by molar-refractivity contribution is -0.107. The van der Waals surface area contributed by atoms with Crippen LogP contribution in [-0.2, 0) is 17.8 Å². The number of rotatable bonds is 5. The molecule has 3 nitrogen and oxygen atoms in total. The number of benzene rings is 1. The summed E-state index contributed by atoms with van der Waals surface area (Å²) in [6.45, 7) is -0.0435. The molecule has 1 aromatic carbocycles. The topological polar surface area (TPSA) is 46.5 Å². The zero-order valence-electron chi connectivity index (χ0n) is 8.19.